The number of allylic oxidation sites excluding steroid dienone is 4. The van der Waals surface area contributed by atoms with Crippen molar-refractivity contribution in [3.8, 4) is 0 Å². The fourth-order valence-corrected chi connectivity index (χ4v) is 6.01. The second-order valence-corrected chi connectivity index (χ2v) is 8.24. The van der Waals surface area contributed by atoms with Crippen LogP contribution in [-0.4, -0.2) is 17.0 Å². The van der Waals surface area contributed by atoms with Gasteiger partial charge < -0.3 is 5.11 Å². The largest absolute Gasteiger partial charge is 0.393 e. The van der Waals surface area contributed by atoms with Crippen molar-refractivity contribution < 1.29 is 9.90 Å². The minimum absolute atomic E-state index is 0.0248. The Labute approximate surface area is 127 Å². The van der Waals surface area contributed by atoms with E-state index in [-0.39, 0.29) is 22.9 Å². The van der Waals surface area contributed by atoms with Gasteiger partial charge in [-0.25, -0.2) is 0 Å². The molecular formula is C19H26O2. The maximum absolute atomic E-state index is 12.8. The van der Waals surface area contributed by atoms with Gasteiger partial charge in [-0.15, -0.1) is 0 Å². The van der Waals surface area contributed by atoms with Gasteiger partial charge in [-0.05, 0) is 72.8 Å². The SMILES string of the molecule is C[C@]12CC[C@H]3[C@@H](C(=O)C=C4C=CCC[C@@]43C)[C@@H]1CC[C@@H]2O. The highest BCUT2D eigenvalue weighted by Gasteiger charge is 2.60. The van der Waals surface area contributed by atoms with Crippen molar-refractivity contribution in [2.75, 3.05) is 0 Å². The summed E-state index contributed by atoms with van der Waals surface area (Å²) in [6, 6.07) is 0. The fourth-order valence-electron chi connectivity index (χ4n) is 6.01. The van der Waals surface area contributed by atoms with Crippen molar-refractivity contribution in [2.24, 2.45) is 28.6 Å². The van der Waals surface area contributed by atoms with Crippen LogP contribution in [0, 0.1) is 28.6 Å². The molecule has 4 aliphatic rings. The van der Waals surface area contributed by atoms with Gasteiger partial charge >= 0.3 is 0 Å². The van der Waals surface area contributed by atoms with Gasteiger partial charge in [-0.2, -0.15) is 0 Å². The van der Waals surface area contributed by atoms with Gasteiger partial charge in [0.1, 0.15) is 0 Å². The zero-order chi connectivity index (χ0) is 14.8. The monoisotopic (exact) mass is 286 g/mol. The van der Waals surface area contributed by atoms with Gasteiger partial charge in [0, 0.05) is 5.92 Å². The predicted octanol–water partition coefficient (Wildman–Crippen LogP) is 3.66. The topological polar surface area (TPSA) is 37.3 Å². The number of rotatable bonds is 0. The first-order chi connectivity index (χ1) is 9.97. The molecule has 0 aromatic carbocycles. The van der Waals surface area contributed by atoms with Crippen LogP contribution in [0.25, 0.3) is 0 Å². The molecule has 2 heteroatoms. The molecule has 2 nitrogen and oxygen atoms in total. The summed E-state index contributed by atoms with van der Waals surface area (Å²) in [6.45, 7) is 4.60. The second-order valence-electron chi connectivity index (χ2n) is 8.24. The quantitative estimate of drug-likeness (QED) is 0.738. The van der Waals surface area contributed by atoms with Crippen molar-refractivity contribution in [2.45, 2.75) is 58.5 Å². The highest BCUT2D eigenvalue weighted by molar-refractivity contribution is 5.95. The first-order valence-electron chi connectivity index (χ1n) is 8.57. The molecular weight excluding hydrogens is 260 g/mol. The number of hydrogen-bond donors (Lipinski definition) is 1. The number of carbonyl (C=O) groups excluding carboxylic acids is 1. The Hall–Kier alpha value is -0.890. The van der Waals surface area contributed by atoms with Crippen LogP contribution < -0.4 is 0 Å². The van der Waals surface area contributed by atoms with E-state index in [2.05, 4.69) is 26.0 Å². The van der Waals surface area contributed by atoms with Crippen LogP contribution in [0.2, 0.25) is 0 Å². The van der Waals surface area contributed by atoms with Crippen LogP contribution in [0.1, 0.15) is 52.4 Å². The highest BCUT2D eigenvalue weighted by atomic mass is 16.3. The lowest BCUT2D eigenvalue weighted by Gasteiger charge is -2.55. The third kappa shape index (κ3) is 1.66. The van der Waals surface area contributed by atoms with Crippen LogP contribution in [0.3, 0.4) is 0 Å². The molecule has 0 amide bonds. The molecule has 0 saturated heterocycles. The molecule has 0 spiro atoms. The predicted molar refractivity (Wildman–Crippen MR) is 82.6 cm³/mol. The molecule has 4 aliphatic carbocycles. The summed E-state index contributed by atoms with van der Waals surface area (Å²) < 4.78 is 0. The van der Waals surface area contributed by atoms with Gasteiger partial charge in [0.05, 0.1) is 6.10 Å². The van der Waals surface area contributed by atoms with Gasteiger partial charge in [-0.1, -0.05) is 26.0 Å². The van der Waals surface area contributed by atoms with E-state index in [0.717, 1.165) is 32.1 Å². The highest BCUT2D eigenvalue weighted by Crippen LogP contribution is 2.63. The van der Waals surface area contributed by atoms with Gasteiger partial charge in [0.15, 0.2) is 5.78 Å². The minimum Gasteiger partial charge on any atom is -0.393 e. The van der Waals surface area contributed by atoms with Crippen LogP contribution in [0.15, 0.2) is 23.8 Å². The summed E-state index contributed by atoms with van der Waals surface area (Å²) in [6.07, 6.45) is 12.5. The molecule has 2 fully saturated rings. The minimum atomic E-state index is -0.208. The van der Waals surface area contributed by atoms with Crippen LogP contribution in [0.5, 0.6) is 0 Å². The first-order valence-corrected chi connectivity index (χ1v) is 8.57. The lowest BCUT2D eigenvalue weighted by Crippen LogP contribution is -2.52. The molecule has 0 radical (unpaired) electrons. The summed E-state index contributed by atoms with van der Waals surface area (Å²) in [4.78, 5) is 12.8. The van der Waals surface area contributed by atoms with E-state index < -0.39 is 0 Å². The molecule has 0 aromatic heterocycles. The van der Waals surface area contributed by atoms with Crippen molar-refractivity contribution >= 4 is 5.78 Å². The molecule has 0 unspecified atom stereocenters. The molecule has 0 heterocycles. The summed E-state index contributed by atoms with van der Waals surface area (Å²) in [5.74, 6) is 1.36. The number of aliphatic hydroxyl groups is 1. The van der Waals surface area contributed by atoms with Gasteiger partial charge in [0.25, 0.3) is 0 Å². The average Bonchev–Trinajstić information content (AvgIpc) is 2.76. The zero-order valence-corrected chi connectivity index (χ0v) is 13.1. The molecule has 1 N–H and O–H groups in total. The number of hydrogen-bond acceptors (Lipinski definition) is 2. The van der Waals surface area contributed by atoms with Crippen molar-refractivity contribution in [3.05, 3.63) is 23.8 Å². The van der Waals surface area contributed by atoms with Crippen molar-refractivity contribution in [1.29, 1.82) is 0 Å². The Kier molecular flexibility index (Phi) is 2.83. The summed E-state index contributed by atoms with van der Waals surface area (Å²) in [5, 5.41) is 10.4. The van der Waals surface area contributed by atoms with Crippen molar-refractivity contribution in [3.63, 3.8) is 0 Å². The maximum Gasteiger partial charge on any atom is 0.159 e. The van der Waals surface area contributed by atoms with E-state index in [1.807, 2.05) is 6.08 Å². The van der Waals surface area contributed by atoms with Crippen molar-refractivity contribution in [1.82, 2.24) is 0 Å². The molecule has 21 heavy (non-hydrogen) atoms. The normalized spacial score (nSPS) is 52.0. The molecule has 2 saturated carbocycles. The summed E-state index contributed by atoms with van der Waals surface area (Å²) in [7, 11) is 0. The van der Waals surface area contributed by atoms with E-state index in [1.165, 1.54) is 12.0 Å². The fraction of sp³-hybridized carbons (Fsp3) is 0.737. The first kappa shape index (κ1) is 13.8. The number of aliphatic hydroxyl groups excluding tert-OH is 1. The third-order valence-electron chi connectivity index (χ3n) is 7.45. The molecule has 0 aliphatic heterocycles. The maximum atomic E-state index is 12.8. The summed E-state index contributed by atoms with van der Waals surface area (Å²) in [5.41, 5.74) is 1.42. The Balaban J connectivity index is 1.79. The van der Waals surface area contributed by atoms with E-state index >= 15 is 0 Å². The Morgan fingerprint density at radius 3 is 2.76 bits per heavy atom. The molecule has 0 bridgehead atoms. The van der Waals surface area contributed by atoms with E-state index in [4.69, 9.17) is 0 Å². The Bertz CT molecular complexity index is 546. The van der Waals surface area contributed by atoms with E-state index in [1.54, 1.807) is 0 Å². The second kappa shape index (κ2) is 4.32. The third-order valence-corrected chi connectivity index (χ3v) is 7.45. The van der Waals surface area contributed by atoms with Gasteiger partial charge in [-0.3, -0.25) is 4.79 Å². The molecule has 114 valence electrons. The summed E-state index contributed by atoms with van der Waals surface area (Å²) >= 11 is 0. The lowest BCUT2D eigenvalue weighted by atomic mass is 9.48. The van der Waals surface area contributed by atoms with Crippen LogP contribution >= 0.6 is 0 Å². The average molecular weight is 286 g/mol. The number of carbonyl (C=O) groups is 1. The Morgan fingerprint density at radius 1 is 1.14 bits per heavy atom. The van der Waals surface area contributed by atoms with Crippen LogP contribution in [-0.2, 0) is 4.79 Å². The van der Waals surface area contributed by atoms with Crippen LogP contribution in [0.4, 0.5) is 0 Å². The van der Waals surface area contributed by atoms with Gasteiger partial charge in [0.2, 0.25) is 0 Å². The molecule has 6 atom stereocenters. The zero-order valence-electron chi connectivity index (χ0n) is 13.1. The Morgan fingerprint density at radius 2 is 1.95 bits per heavy atom. The molecule has 0 aromatic rings. The lowest BCUT2D eigenvalue weighted by molar-refractivity contribution is -0.134. The number of ketones is 1. The van der Waals surface area contributed by atoms with E-state index in [9.17, 15) is 9.90 Å². The standard InChI is InChI=1S/C19H26O2/c1-18-9-4-3-5-12(18)11-15(20)17-13-6-7-16(21)19(13,2)10-8-14(17)18/h3,5,11,13-14,16-17,21H,4,6-10H2,1-2H3/t13-,14-,16-,17-,18-,19-/m0/s1. The van der Waals surface area contributed by atoms with E-state index in [0.29, 0.717) is 17.6 Å². The number of fused-ring (bicyclic) bond motifs is 5. The molecule has 4 rings (SSSR count). The smallest absolute Gasteiger partial charge is 0.159 e.